The Balaban J connectivity index is 2.82. The molecule has 0 spiro atoms. The van der Waals surface area contributed by atoms with Crippen molar-refractivity contribution in [3.05, 3.63) is 12.4 Å². The highest BCUT2D eigenvalue weighted by molar-refractivity contribution is 6.18. The molecule has 0 bridgehead atoms. The van der Waals surface area contributed by atoms with Gasteiger partial charge in [-0.2, -0.15) is 0 Å². The minimum absolute atomic E-state index is 0.112. The number of nitrogens with one attached hydrogen (secondary N) is 1. The molecule has 1 heterocycles. The molecule has 0 amide bonds. The molecule has 4 nitrogen and oxygen atoms in total. The van der Waals surface area contributed by atoms with E-state index in [0.717, 1.165) is 18.7 Å². The van der Waals surface area contributed by atoms with E-state index in [1.807, 2.05) is 6.92 Å². The van der Waals surface area contributed by atoms with Crippen molar-refractivity contribution >= 4 is 17.4 Å². The lowest BCUT2D eigenvalue weighted by atomic mass is 9.95. The van der Waals surface area contributed by atoms with Crippen LogP contribution in [0.1, 0.15) is 33.6 Å². The van der Waals surface area contributed by atoms with Gasteiger partial charge in [-0.3, -0.25) is 0 Å². The first-order chi connectivity index (χ1) is 8.19. The maximum absolute atomic E-state index is 6.04. The first kappa shape index (κ1) is 14.0. The molecule has 1 aromatic heterocycles. The van der Waals surface area contributed by atoms with Gasteiger partial charge >= 0.3 is 0 Å². The second kappa shape index (κ2) is 6.64. The highest BCUT2D eigenvalue weighted by atomic mass is 35.5. The SMILES string of the molecule is CCOc1cc(NC(CC)(CC)CCl)ncn1. The first-order valence-corrected chi connectivity index (χ1v) is 6.52. The number of halogens is 1. The lowest BCUT2D eigenvalue weighted by Gasteiger charge is -2.31. The zero-order valence-corrected chi connectivity index (χ0v) is 11.4. The summed E-state index contributed by atoms with van der Waals surface area (Å²) in [6.45, 7) is 6.75. The predicted molar refractivity (Wildman–Crippen MR) is 70.9 cm³/mol. The van der Waals surface area contributed by atoms with E-state index in [0.29, 0.717) is 18.4 Å². The van der Waals surface area contributed by atoms with Gasteiger partial charge in [0.2, 0.25) is 5.88 Å². The average molecular weight is 258 g/mol. The smallest absolute Gasteiger partial charge is 0.218 e. The van der Waals surface area contributed by atoms with Gasteiger partial charge in [-0.05, 0) is 19.8 Å². The Morgan fingerprint density at radius 1 is 1.29 bits per heavy atom. The number of aromatic nitrogens is 2. The summed E-state index contributed by atoms with van der Waals surface area (Å²) in [6, 6.07) is 1.80. The van der Waals surface area contributed by atoms with E-state index in [4.69, 9.17) is 16.3 Å². The summed E-state index contributed by atoms with van der Waals surface area (Å²) in [5, 5.41) is 3.38. The number of nitrogens with zero attached hydrogens (tertiary/aromatic N) is 2. The van der Waals surface area contributed by atoms with Crippen LogP contribution in [0.15, 0.2) is 12.4 Å². The van der Waals surface area contributed by atoms with Crippen LogP contribution in [0.25, 0.3) is 0 Å². The van der Waals surface area contributed by atoms with Crippen LogP contribution in [0.5, 0.6) is 5.88 Å². The van der Waals surface area contributed by atoms with Crippen LogP contribution in [-0.2, 0) is 0 Å². The van der Waals surface area contributed by atoms with E-state index in [2.05, 4.69) is 29.1 Å². The number of ether oxygens (including phenoxy) is 1. The fourth-order valence-electron chi connectivity index (χ4n) is 1.56. The van der Waals surface area contributed by atoms with E-state index >= 15 is 0 Å². The Morgan fingerprint density at radius 3 is 2.53 bits per heavy atom. The quantitative estimate of drug-likeness (QED) is 0.763. The standard InChI is InChI=1S/C12H20ClN3O/c1-4-12(5-2,8-13)16-10-7-11(17-6-3)15-9-14-10/h7,9H,4-6,8H2,1-3H3,(H,14,15,16). The number of anilines is 1. The zero-order chi connectivity index (χ0) is 12.7. The van der Waals surface area contributed by atoms with Gasteiger partial charge in [-0.1, -0.05) is 13.8 Å². The molecule has 0 fully saturated rings. The van der Waals surface area contributed by atoms with Crippen LogP contribution < -0.4 is 10.1 Å². The summed E-state index contributed by atoms with van der Waals surface area (Å²) < 4.78 is 5.34. The van der Waals surface area contributed by atoms with Crippen molar-refractivity contribution in [3.8, 4) is 5.88 Å². The fourth-order valence-corrected chi connectivity index (χ4v) is 2.00. The number of hydrogen-bond donors (Lipinski definition) is 1. The lowest BCUT2D eigenvalue weighted by Crippen LogP contribution is -2.39. The van der Waals surface area contributed by atoms with Gasteiger partial charge in [0.25, 0.3) is 0 Å². The summed E-state index contributed by atoms with van der Waals surface area (Å²) in [5.41, 5.74) is -0.112. The maximum Gasteiger partial charge on any atom is 0.218 e. The molecule has 0 unspecified atom stereocenters. The monoisotopic (exact) mass is 257 g/mol. The van der Waals surface area contributed by atoms with Crippen LogP contribution in [-0.4, -0.2) is 28.0 Å². The molecule has 0 atom stereocenters. The van der Waals surface area contributed by atoms with Gasteiger partial charge in [0, 0.05) is 11.9 Å². The Labute approximate surface area is 108 Å². The third-order valence-corrected chi connectivity index (χ3v) is 3.45. The van der Waals surface area contributed by atoms with Crippen molar-refractivity contribution in [2.45, 2.75) is 39.2 Å². The van der Waals surface area contributed by atoms with Crippen LogP contribution in [0, 0.1) is 0 Å². The van der Waals surface area contributed by atoms with E-state index in [1.54, 1.807) is 6.07 Å². The molecule has 1 rings (SSSR count). The van der Waals surface area contributed by atoms with E-state index < -0.39 is 0 Å². The number of hydrogen-bond acceptors (Lipinski definition) is 4. The lowest BCUT2D eigenvalue weighted by molar-refractivity contribution is 0.326. The van der Waals surface area contributed by atoms with Gasteiger partial charge in [-0.15, -0.1) is 11.6 Å². The Bertz CT molecular complexity index is 334. The molecule has 0 aliphatic carbocycles. The Hall–Kier alpha value is -1.03. The third-order valence-electron chi connectivity index (χ3n) is 2.94. The van der Waals surface area contributed by atoms with Crippen molar-refractivity contribution < 1.29 is 4.74 Å². The molecule has 0 saturated carbocycles. The Morgan fingerprint density at radius 2 is 2.00 bits per heavy atom. The second-order valence-electron chi connectivity index (χ2n) is 3.92. The molecular weight excluding hydrogens is 238 g/mol. The minimum Gasteiger partial charge on any atom is -0.478 e. The molecule has 0 aromatic carbocycles. The molecule has 96 valence electrons. The molecule has 17 heavy (non-hydrogen) atoms. The average Bonchev–Trinajstić information content (AvgIpc) is 2.37. The fraction of sp³-hybridized carbons (Fsp3) is 0.667. The first-order valence-electron chi connectivity index (χ1n) is 5.98. The summed E-state index contributed by atoms with van der Waals surface area (Å²) in [5.74, 6) is 1.89. The van der Waals surface area contributed by atoms with Crippen LogP contribution >= 0.6 is 11.6 Å². The molecule has 5 heteroatoms. The molecule has 1 aromatic rings. The zero-order valence-electron chi connectivity index (χ0n) is 10.7. The van der Waals surface area contributed by atoms with Crippen molar-refractivity contribution in [2.75, 3.05) is 17.8 Å². The molecule has 0 aliphatic rings. The van der Waals surface area contributed by atoms with Gasteiger partial charge < -0.3 is 10.1 Å². The maximum atomic E-state index is 6.04. The highest BCUT2D eigenvalue weighted by Crippen LogP contribution is 2.23. The minimum atomic E-state index is -0.112. The van der Waals surface area contributed by atoms with Crippen LogP contribution in [0.3, 0.4) is 0 Å². The highest BCUT2D eigenvalue weighted by Gasteiger charge is 2.25. The van der Waals surface area contributed by atoms with Crippen LogP contribution in [0.2, 0.25) is 0 Å². The van der Waals surface area contributed by atoms with Crippen molar-refractivity contribution in [2.24, 2.45) is 0 Å². The molecular formula is C12H20ClN3O. The Kier molecular flexibility index (Phi) is 5.48. The predicted octanol–water partition coefficient (Wildman–Crippen LogP) is 3.08. The number of rotatable bonds is 7. The summed E-state index contributed by atoms with van der Waals surface area (Å²) in [6.07, 6.45) is 3.39. The van der Waals surface area contributed by atoms with Crippen LogP contribution in [0.4, 0.5) is 5.82 Å². The molecule has 1 N–H and O–H groups in total. The van der Waals surface area contributed by atoms with Crippen molar-refractivity contribution in [3.63, 3.8) is 0 Å². The van der Waals surface area contributed by atoms with Gasteiger partial charge in [0.15, 0.2) is 0 Å². The summed E-state index contributed by atoms with van der Waals surface area (Å²) in [7, 11) is 0. The van der Waals surface area contributed by atoms with Crippen molar-refractivity contribution in [1.82, 2.24) is 9.97 Å². The topological polar surface area (TPSA) is 47.0 Å². The summed E-state index contributed by atoms with van der Waals surface area (Å²) >= 11 is 6.04. The van der Waals surface area contributed by atoms with Gasteiger partial charge in [-0.25, -0.2) is 9.97 Å². The van der Waals surface area contributed by atoms with Gasteiger partial charge in [0.1, 0.15) is 12.1 Å². The second-order valence-corrected chi connectivity index (χ2v) is 4.19. The van der Waals surface area contributed by atoms with E-state index in [-0.39, 0.29) is 5.54 Å². The normalized spacial score (nSPS) is 11.3. The molecule has 0 radical (unpaired) electrons. The van der Waals surface area contributed by atoms with E-state index in [1.165, 1.54) is 6.33 Å². The largest absolute Gasteiger partial charge is 0.478 e. The van der Waals surface area contributed by atoms with Crippen molar-refractivity contribution in [1.29, 1.82) is 0 Å². The third kappa shape index (κ3) is 3.73. The van der Waals surface area contributed by atoms with Gasteiger partial charge in [0.05, 0.1) is 12.1 Å². The summed E-state index contributed by atoms with van der Waals surface area (Å²) in [4.78, 5) is 8.22. The van der Waals surface area contributed by atoms with E-state index in [9.17, 15) is 0 Å². The molecule has 0 aliphatic heterocycles. The molecule has 0 saturated heterocycles. The number of alkyl halides is 1.